The van der Waals surface area contributed by atoms with Crippen LogP contribution in [0.5, 0.6) is 5.88 Å². The first-order valence-electron chi connectivity index (χ1n) is 11.4. The first kappa shape index (κ1) is 23.3. The number of carbonyl (C=O) groups is 1. The standard InChI is InChI=1S/C25H25FN4O4S/c26-23-20-13-19(27-14-17-7-3-1-4-8-17)11-12-21(20)28-25(34-16-18-9-5-2-6-10-18)24(23)30-15-22(31)29-35(30,32)33/h1-10,19,27H,11-16H2,(H,29,31). The Balaban J connectivity index is 1.46. The lowest BCUT2D eigenvalue weighted by molar-refractivity contribution is -0.117. The molecule has 1 aliphatic carbocycles. The van der Waals surface area contributed by atoms with Crippen LogP contribution in [0.1, 0.15) is 28.8 Å². The Morgan fingerprint density at radius 1 is 1.09 bits per heavy atom. The summed E-state index contributed by atoms with van der Waals surface area (Å²) in [5.74, 6) is -1.59. The van der Waals surface area contributed by atoms with E-state index in [4.69, 9.17) is 4.74 Å². The zero-order chi connectivity index (χ0) is 24.4. The minimum atomic E-state index is -4.25. The molecule has 8 nitrogen and oxygen atoms in total. The van der Waals surface area contributed by atoms with Crippen LogP contribution in [0.2, 0.25) is 0 Å². The molecule has 0 bridgehead atoms. The number of rotatable bonds is 7. The van der Waals surface area contributed by atoms with Gasteiger partial charge in [0.15, 0.2) is 11.5 Å². The molecule has 3 aromatic rings. The van der Waals surface area contributed by atoms with Crippen LogP contribution in [0.15, 0.2) is 60.7 Å². The Labute approximate surface area is 203 Å². The van der Waals surface area contributed by atoms with Gasteiger partial charge in [0.1, 0.15) is 13.2 Å². The molecule has 35 heavy (non-hydrogen) atoms. The zero-order valence-electron chi connectivity index (χ0n) is 18.9. The number of nitrogens with one attached hydrogen (secondary N) is 2. The van der Waals surface area contributed by atoms with E-state index in [1.165, 1.54) is 0 Å². The molecule has 1 unspecified atom stereocenters. The summed E-state index contributed by atoms with van der Waals surface area (Å²) in [7, 11) is -4.25. The Bertz CT molecular complexity index is 1340. The van der Waals surface area contributed by atoms with Crippen molar-refractivity contribution in [3.8, 4) is 5.88 Å². The molecule has 1 atom stereocenters. The number of amides is 1. The van der Waals surface area contributed by atoms with E-state index in [2.05, 4.69) is 10.3 Å². The zero-order valence-corrected chi connectivity index (χ0v) is 19.7. The van der Waals surface area contributed by atoms with Crippen molar-refractivity contribution in [1.29, 1.82) is 0 Å². The van der Waals surface area contributed by atoms with E-state index in [0.29, 0.717) is 34.9 Å². The van der Waals surface area contributed by atoms with E-state index in [1.807, 2.05) is 65.4 Å². The molecule has 5 rings (SSSR count). The van der Waals surface area contributed by atoms with Gasteiger partial charge in [-0.15, -0.1) is 0 Å². The summed E-state index contributed by atoms with van der Waals surface area (Å²) in [6.07, 6.45) is 1.62. The molecular weight excluding hydrogens is 471 g/mol. The molecule has 1 aliphatic heterocycles. The summed E-state index contributed by atoms with van der Waals surface area (Å²) < 4.78 is 49.6. The third-order valence-corrected chi connectivity index (χ3v) is 7.54. The number of hydrogen-bond donors (Lipinski definition) is 2. The van der Waals surface area contributed by atoms with Crippen LogP contribution in [0.25, 0.3) is 0 Å². The minimum Gasteiger partial charge on any atom is -0.471 e. The van der Waals surface area contributed by atoms with Gasteiger partial charge in [-0.05, 0) is 30.4 Å². The Hall–Kier alpha value is -3.50. The Kier molecular flexibility index (Phi) is 6.40. The van der Waals surface area contributed by atoms with E-state index >= 15 is 4.39 Å². The summed E-state index contributed by atoms with van der Waals surface area (Å²) in [5.41, 5.74) is 2.50. The van der Waals surface area contributed by atoms with E-state index in [9.17, 15) is 13.2 Å². The fourth-order valence-corrected chi connectivity index (χ4v) is 5.55. The van der Waals surface area contributed by atoms with Gasteiger partial charge >= 0.3 is 10.2 Å². The van der Waals surface area contributed by atoms with Crippen molar-refractivity contribution in [2.24, 2.45) is 0 Å². The highest BCUT2D eigenvalue weighted by atomic mass is 32.2. The lowest BCUT2D eigenvalue weighted by Crippen LogP contribution is -2.36. The van der Waals surface area contributed by atoms with E-state index < -0.39 is 28.5 Å². The van der Waals surface area contributed by atoms with Crippen molar-refractivity contribution < 1.29 is 22.3 Å². The average molecular weight is 497 g/mol. The molecule has 1 saturated heterocycles. The van der Waals surface area contributed by atoms with Crippen molar-refractivity contribution in [2.45, 2.75) is 38.5 Å². The van der Waals surface area contributed by atoms with Crippen LogP contribution in [-0.4, -0.2) is 31.9 Å². The number of nitrogens with zero attached hydrogens (tertiary/aromatic N) is 2. The maximum absolute atomic E-state index is 16.0. The number of benzene rings is 2. The second kappa shape index (κ2) is 9.63. The molecule has 0 saturated carbocycles. The van der Waals surface area contributed by atoms with Crippen molar-refractivity contribution in [3.63, 3.8) is 0 Å². The number of carbonyl (C=O) groups excluding carboxylic acids is 1. The summed E-state index contributed by atoms with van der Waals surface area (Å²) in [6, 6.07) is 19.1. The summed E-state index contributed by atoms with van der Waals surface area (Å²) in [6.45, 7) is 0.187. The summed E-state index contributed by atoms with van der Waals surface area (Å²) >= 11 is 0. The van der Waals surface area contributed by atoms with Crippen LogP contribution in [0.3, 0.4) is 0 Å². The quantitative estimate of drug-likeness (QED) is 0.522. The van der Waals surface area contributed by atoms with Crippen LogP contribution >= 0.6 is 0 Å². The minimum absolute atomic E-state index is 0.00196. The number of pyridine rings is 1. The van der Waals surface area contributed by atoms with Crippen LogP contribution < -0.4 is 19.1 Å². The highest BCUT2D eigenvalue weighted by Gasteiger charge is 2.40. The highest BCUT2D eigenvalue weighted by molar-refractivity contribution is 7.92. The van der Waals surface area contributed by atoms with Gasteiger partial charge in [-0.25, -0.2) is 18.4 Å². The molecule has 1 aromatic heterocycles. The van der Waals surface area contributed by atoms with Gasteiger partial charge in [-0.2, -0.15) is 8.42 Å². The van der Waals surface area contributed by atoms with Crippen molar-refractivity contribution in [3.05, 3.63) is 88.9 Å². The SMILES string of the molecule is O=C1CN(c2c(OCc3ccccc3)nc3c(c2F)CC(NCc2ccccc2)CC3)S(=O)(=O)N1. The Morgan fingerprint density at radius 3 is 2.43 bits per heavy atom. The molecule has 2 N–H and O–H groups in total. The number of anilines is 1. The van der Waals surface area contributed by atoms with Gasteiger partial charge < -0.3 is 10.1 Å². The molecule has 0 radical (unpaired) electrons. The highest BCUT2D eigenvalue weighted by Crippen LogP contribution is 2.38. The molecule has 1 amide bonds. The van der Waals surface area contributed by atoms with Gasteiger partial charge in [0.05, 0.1) is 5.69 Å². The summed E-state index contributed by atoms with van der Waals surface area (Å²) in [4.78, 5) is 16.4. The molecular formula is C25H25FN4O4S. The second-order valence-corrected chi connectivity index (χ2v) is 10.2. The molecule has 2 aliphatic rings. The molecule has 0 spiro atoms. The third-order valence-electron chi connectivity index (χ3n) is 6.17. The predicted octanol–water partition coefficient (Wildman–Crippen LogP) is 2.63. The summed E-state index contributed by atoms with van der Waals surface area (Å²) in [5, 5.41) is 3.46. The van der Waals surface area contributed by atoms with Crippen molar-refractivity contribution in [2.75, 3.05) is 10.8 Å². The Morgan fingerprint density at radius 2 is 1.77 bits per heavy atom. The fraction of sp³-hybridized carbons (Fsp3) is 0.280. The van der Waals surface area contributed by atoms with Crippen molar-refractivity contribution >= 4 is 21.8 Å². The topological polar surface area (TPSA) is 101 Å². The van der Waals surface area contributed by atoms with Gasteiger partial charge in [0.2, 0.25) is 5.88 Å². The maximum atomic E-state index is 16.0. The fourth-order valence-electron chi connectivity index (χ4n) is 4.40. The smallest absolute Gasteiger partial charge is 0.326 e. The molecule has 2 heterocycles. The van der Waals surface area contributed by atoms with Crippen molar-refractivity contribution in [1.82, 2.24) is 15.0 Å². The van der Waals surface area contributed by atoms with E-state index in [1.54, 1.807) is 0 Å². The van der Waals surface area contributed by atoms with Crippen LogP contribution in [0, 0.1) is 5.82 Å². The predicted molar refractivity (Wildman–Crippen MR) is 128 cm³/mol. The lowest BCUT2D eigenvalue weighted by Gasteiger charge is -2.28. The number of aryl methyl sites for hydroxylation is 1. The van der Waals surface area contributed by atoms with Crippen LogP contribution in [0.4, 0.5) is 10.1 Å². The van der Waals surface area contributed by atoms with Crippen LogP contribution in [-0.2, 0) is 41.0 Å². The van der Waals surface area contributed by atoms with Gasteiger partial charge in [-0.1, -0.05) is 60.7 Å². The molecule has 2 aromatic carbocycles. The van der Waals surface area contributed by atoms with E-state index in [-0.39, 0.29) is 24.2 Å². The van der Waals surface area contributed by atoms with Gasteiger partial charge in [0, 0.05) is 18.2 Å². The largest absolute Gasteiger partial charge is 0.471 e. The lowest BCUT2D eigenvalue weighted by atomic mass is 9.90. The third kappa shape index (κ3) is 4.98. The van der Waals surface area contributed by atoms with Gasteiger partial charge in [-0.3, -0.25) is 4.79 Å². The number of ether oxygens (including phenoxy) is 1. The number of fused-ring (bicyclic) bond motifs is 1. The number of hydrogen-bond acceptors (Lipinski definition) is 6. The first-order valence-corrected chi connectivity index (χ1v) is 12.8. The van der Waals surface area contributed by atoms with E-state index in [0.717, 1.165) is 17.5 Å². The average Bonchev–Trinajstić information content (AvgIpc) is 3.14. The molecule has 1 fully saturated rings. The number of aromatic nitrogens is 1. The molecule has 182 valence electrons. The normalized spacial score (nSPS) is 18.7. The monoisotopic (exact) mass is 496 g/mol. The number of halogens is 1. The molecule has 10 heteroatoms. The first-order chi connectivity index (χ1) is 16.9. The van der Waals surface area contributed by atoms with Gasteiger partial charge in [0.25, 0.3) is 5.91 Å². The maximum Gasteiger partial charge on any atom is 0.326 e. The second-order valence-electron chi connectivity index (χ2n) is 8.62.